The molecule has 7 heteroatoms. The van der Waals surface area contributed by atoms with E-state index in [0.29, 0.717) is 16.3 Å². The van der Waals surface area contributed by atoms with E-state index in [-0.39, 0.29) is 11.3 Å². The minimum atomic E-state index is -4.65. The molecule has 2 aromatic rings. The van der Waals surface area contributed by atoms with Crippen LogP contribution in [0.3, 0.4) is 0 Å². The fourth-order valence-electron chi connectivity index (χ4n) is 2.02. The molecule has 2 aromatic carbocycles. The van der Waals surface area contributed by atoms with Gasteiger partial charge in [-0.2, -0.15) is 13.2 Å². The molecule has 0 atom stereocenters. The number of nitrogens with one attached hydrogen (secondary N) is 1. The van der Waals surface area contributed by atoms with Gasteiger partial charge in [0.05, 0.1) is 18.4 Å². The molecule has 0 spiro atoms. The number of carbonyl (C=O) groups is 1. The van der Waals surface area contributed by atoms with Crippen LogP contribution in [0.5, 0.6) is 5.75 Å². The SMILES string of the molecule is COc1ccc(Br)cc1NC(=O)/C=C(/c1ccccc1)C(F)(F)F. The van der Waals surface area contributed by atoms with Crippen LogP contribution in [0.2, 0.25) is 0 Å². The molecule has 0 unspecified atom stereocenters. The van der Waals surface area contributed by atoms with Gasteiger partial charge in [0.15, 0.2) is 0 Å². The van der Waals surface area contributed by atoms with E-state index in [1.807, 2.05) is 0 Å². The van der Waals surface area contributed by atoms with Gasteiger partial charge in [-0.1, -0.05) is 46.3 Å². The van der Waals surface area contributed by atoms with E-state index in [0.717, 1.165) is 0 Å². The monoisotopic (exact) mass is 399 g/mol. The first kappa shape index (κ1) is 18.1. The van der Waals surface area contributed by atoms with Crippen molar-refractivity contribution >= 4 is 33.1 Å². The van der Waals surface area contributed by atoms with Crippen molar-refractivity contribution in [3.05, 3.63) is 64.6 Å². The van der Waals surface area contributed by atoms with Crippen molar-refractivity contribution in [2.75, 3.05) is 12.4 Å². The molecule has 0 aliphatic rings. The Hall–Kier alpha value is -2.28. The Kier molecular flexibility index (Phi) is 5.66. The maximum Gasteiger partial charge on any atom is 0.417 e. The summed E-state index contributed by atoms with van der Waals surface area (Å²) in [6.07, 6.45) is -4.12. The standard InChI is InChI=1S/C17H13BrF3NO2/c1-24-15-8-7-12(18)9-14(15)22-16(23)10-13(17(19,20)21)11-5-3-2-4-6-11/h2-10H,1H3,(H,22,23)/b13-10-. The Labute approximate surface area is 145 Å². The highest BCUT2D eigenvalue weighted by molar-refractivity contribution is 9.10. The second-order valence-electron chi connectivity index (χ2n) is 4.76. The first-order valence-electron chi connectivity index (χ1n) is 6.80. The molecule has 0 saturated carbocycles. The zero-order chi connectivity index (χ0) is 17.7. The lowest BCUT2D eigenvalue weighted by atomic mass is 10.1. The van der Waals surface area contributed by atoms with E-state index < -0.39 is 17.7 Å². The van der Waals surface area contributed by atoms with Gasteiger partial charge in [-0.25, -0.2) is 0 Å². The molecule has 0 aromatic heterocycles. The molecule has 126 valence electrons. The maximum absolute atomic E-state index is 13.2. The predicted molar refractivity (Wildman–Crippen MR) is 89.8 cm³/mol. The summed E-state index contributed by atoms with van der Waals surface area (Å²) < 4.78 is 45.4. The minimum Gasteiger partial charge on any atom is -0.495 e. The number of alkyl halides is 3. The highest BCUT2D eigenvalue weighted by Gasteiger charge is 2.35. The van der Waals surface area contributed by atoms with Crippen LogP contribution >= 0.6 is 15.9 Å². The lowest BCUT2D eigenvalue weighted by Crippen LogP contribution is -2.16. The normalized spacial score (nSPS) is 12.0. The predicted octanol–water partition coefficient (Wildman–Crippen LogP) is 5.04. The van der Waals surface area contributed by atoms with Gasteiger partial charge in [0, 0.05) is 10.5 Å². The average molecular weight is 400 g/mol. The highest BCUT2D eigenvalue weighted by atomic mass is 79.9. The average Bonchev–Trinajstić information content (AvgIpc) is 2.52. The van der Waals surface area contributed by atoms with Crippen LogP contribution in [0.4, 0.5) is 18.9 Å². The van der Waals surface area contributed by atoms with Crippen molar-refractivity contribution in [3.63, 3.8) is 0 Å². The summed E-state index contributed by atoms with van der Waals surface area (Å²) >= 11 is 3.23. The van der Waals surface area contributed by atoms with Gasteiger partial charge >= 0.3 is 6.18 Å². The van der Waals surface area contributed by atoms with Crippen LogP contribution in [0.1, 0.15) is 5.56 Å². The molecule has 0 saturated heterocycles. The third-order valence-electron chi connectivity index (χ3n) is 3.09. The third kappa shape index (κ3) is 4.61. The lowest BCUT2D eigenvalue weighted by Gasteiger charge is -2.13. The van der Waals surface area contributed by atoms with Crippen molar-refractivity contribution in [2.24, 2.45) is 0 Å². The van der Waals surface area contributed by atoms with Crippen LogP contribution in [0, 0.1) is 0 Å². The summed E-state index contributed by atoms with van der Waals surface area (Å²) in [7, 11) is 1.40. The van der Waals surface area contributed by atoms with Gasteiger partial charge in [0.1, 0.15) is 5.75 Å². The molecule has 2 rings (SSSR count). The second-order valence-corrected chi connectivity index (χ2v) is 5.67. The molecule has 0 aliphatic heterocycles. The Balaban J connectivity index is 2.34. The van der Waals surface area contributed by atoms with Gasteiger partial charge < -0.3 is 10.1 Å². The molecule has 1 N–H and O–H groups in total. The highest BCUT2D eigenvalue weighted by Crippen LogP contribution is 2.34. The zero-order valence-electron chi connectivity index (χ0n) is 12.5. The van der Waals surface area contributed by atoms with Crippen molar-refractivity contribution in [1.82, 2.24) is 0 Å². The number of amides is 1. The van der Waals surface area contributed by atoms with Crippen molar-refractivity contribution in [1.29, 1.82) is 0 Å². The molecule has 0 heterocycles. The first-order valence-corrected chi connectivity index (χ1v) is 7.59. The second kappa shape index (κ2) is 7.53. The molecule has 24 heavy (non-hydrogen) atoms. The number of rotatable bonds is 4. The number of hydrogen-bond acceptors (Lipinski definition) is 2. The Morgan fingerprint density at radius 1 is 1.17 bits per heavy atom. The summed E-state index contributed by atoms with van der Waals surface area (Å²) in [6.45, 7) is 0. The molecule has 1 amide bonds. The van der Waals surface area contributed by atoms with Gasteiger partial charge in [0.25, 0.3) is 0 Å². The number of benzene rings is 2. The first-order chi connectivity index (χ1) is 11.3. The number of allylic oxidation sites excluding steroid dienone is 1. The summed E-state index contributed by atoms with van der Waals surface area (Å²) in [5, 5.41) is 2.40. The smallest absolute Gasteiger partial charge is 0.417 e. The van der Waals surface area contributed by atoms with Gasteiger partial charge in [-0.3, -0.25) is 4.79 Å². The number of carbonyl (C=O) groups excluding carboxylic acids is 1. The fraction of sp³-hybridized carbons (Fsp3) is 0.118. The third-order valence-corrected chi connectivity index (χ3v) is 3.58. The Bertz CT molecular complexity index is 758. The van der Waals surface area contributed by atoms with E-state index in [9.17, 15) is 18.0 Å². The molecular formula is C17H13BrF3NO2. The van der Waals surface area contributed by atoms with Crippen molar-refractivity contribution in [3.8, 4) is 5.75 Å². The lowest BCUT2D eigenvalue weighted by molar-refractivity contribution is -0.112. The van der Waals surface area contributed by atoms with E-state index in [2.05, 4.69) is 21.2 Å². The fourth-order valence-corrected chi connectivity index (χ4v) is 2.39. The summed E-state index contributed by atoms with van der Waals surface area (Å²) in [5.41, 5.74) is -0.835. The largest absolute Gasteiger partial charge is 0.495 e. The van der Waals surface area contributed by atoms with Crippen LogP contribution in [0.25, 0.3) is 5.57 Å². The van der Waals surface area contributed by atoms with Gasteiger partial charge in [-0.05, 0) is 23.8 Å². The summed E-state index contributed by atoms with van der Waals surface area (Å²) in [6, 6.07) is 12.0. The van der Waals surface area contributed by atoms with E-state index >= 15 is 0 Å². The minimum absolute atomic E-state index is 0.0821. The summed E-state index contributed by atoms with van der Waals surface area (Å²) in [4.78, 5) is 12.1. The number of anilines is 1. The van der Waals surface area contributed by atoms with Gasteiger partial charge in [0.2, 0.25) is 5.91 Å². The van der Waals surface area contributed by atoms with Crippen LogP contribution in [-0.4, -0.2) is 19.2 Å². The zero-order valence-corrected chi connectivity index (χ0v) is 14.1. The van der Waals surface area contributed by atoms with E-state index in [4.69, 9.17) is 4.74 Å². The Morgan fingerprint density at radius 3 is 2.42 bits per heavy atom. The maximum atomic E-state index is 13.2. The molecule has 0 radical (unpaired) electrons. The van der Waals surface area contributed by atoms with Crippen LogP contribution in [0.15, 0.2) is 59.1 Å². The topological polar surface area (TPSA) is 38.3 Å². The number of halogens is 4. The number of ether oxygens (including phenoxy) is 1. The molecule has 0 bridgehead atoms. The Morgan fingerprint density at radius 2 is 1.83 bits per heavy atom. The quantitative estimate of drug-likeness (QED) is 0.731. The van der Waals surface area contributed by atoms with E-state index in [1.165, 1.54) is 31.4 Å². The van der Waals surface area contributed by atoms with Crippen molar-refractivity contribution in [2.45, 2.75) is 6.18 Å². The molecule has 0 fully saturated rings. The number of methoxy groups -OCH3 is 1. The van der Waals surface area contributed by atoms with Crippen molar-refractivity contribution < 1.29 is 22.7 Å². The summed E-state index contributed by atoms with van der Waals surface area (Å²) in [5.74, 6) is -0.559. The van der Waals surface area contributed by atoms with E-state index in [1.54, 1.807) is 24.3 Å². The number of hydrogen-bond donors (Lipinski definition) is 1. The molecular weight excluding hydrogens is 387 g/mol. The van der Waals surface area contributed by atoms with Crippen LogP contribution in [-0.2, 0) is 4.79 Å². The van der Waals surface area contributed by atoms with Gasteiger partial charge in [-0.15, -0.1) is 0 Å². The molecule has 0 aliphatic carbocycles. The molecule has 3 nitrogen and oxygen atoms in total. The van der Waals surface area contributed by atoms with Crippen LogP contribution < -0.4 is 10.1 Å².